The Balaban J connectivity index is 1.56. The zero-order valence-corrected chi connectivity index (χ0v) is 18.0. The van der Waals surface area contributed by atoms with Gasteiger partial charge >= 0.3 is 0 Å². The molecule has 2 aromatic carbocycles. The summed E-state index contributed by atoms with van der Waals surface area (Å²) in [5.74, 6) is 1.91. The smallest absolute Gasteiger partial charge is 0.123 e. The monoisotopic (exact) mass is 413 g/mol. The topological polar surface area (TPSA) is 12.9 Å². The van der Waals surface area contributed by atoms with Gasteiger partial charge in [-0.25, -0.2) is 8.78 Å². The maximum Gasteiger partial charge on any atom is 0.123 e. The van der Waals surface area contributed by atoms with Crippen LogP contribution in [-0.4, -0.2) is 10.7 Å². The lowest BCUT2D eigenvalue weighted by Crippen LogP contribution is -2.14. The van der Waals surface area contributed by atoms with Crippen LogP contribution in [0.2, 0.25) is 0 Å². The van der Waals surface area contributed by atoms with Crippen molar-refractivity contribution in [2.45, 2.75) is 50.8 Å². The lowest BCUT2D eigenvalue weighted by Gasteiger charge is -2.23. The van der Waals surface area contributed by atoms with E-state index in [2.05, 4.69) is 18.8 Å². The summed E-state index contributed by atoms with van der Waals surface area (Å²) in [5, 5.41) is 0.930. The first kappa shape index (κ1) is 21.8. The highest BCUT2D eigenvalue weighted by atomic mass is 32.2. The van der Waals surface area contributed by atoms with E-state index in [-0.39, 0.29) is 11.6 Å². The van der Waals surface area contributed by atoms with E-state index in [1.807, 2.05) is 36.2 Å². The first-order valence-corrected chi connectivity index (χ1v) is 11.5. The number of hydrogen-bond acceptors (Lipinski definition) is 2. The Hall–Kier alpha value is -1.94. The number of hydrogen-bond donors (Lipinski definition) is 0. The van der Waals surface area contributed by atoms with Crippen LogP contribution < -0.4 is 0 Å². The minimum atomic E-state index is -0.206. The number of benzene rings is 2. The quantitative estimate of drug-likeness (QED) is 0.316. The van der Waals surface area contributed by atoms with Crippen molar-refractivity contribution in [1.82, 2.24) is 4.98 Å². The average Bonchev–Trinajstić information content (AvgIpc) is 2.72. The minimum Gasteiger partial charge on any atom is -0.256 e. The van der Waals surface area contributed by atoms with Crippen LogP contribution in [0.25, 0.3) is 10.9 Å². The van der Waals surface area contributed by atoms with E-state index in [4.69, 9.17) is 0 Å². The van der Waals surface area contributed by atoms with E-state index < -0.39 is 0 Å². The summed E-state index contributed by atoms with van der Waals surface area (Å²) in [6.07, 6.45) is 7.42. The molecule has 0 radical (unpaired) electrons. The number of pyridine rings is 1. The molecule has 0 aliphatic carbocycles. The summed E-state index contributed by atoms with van der Waals surface area (Å²) in [7, 11) is 0. The van der Waals surface area contributed by atoms with E-state index in [0.29, 0.717) is 11.8 Å². The van der Waals surface area contributed by atoms with Gasteiger partial charge in [-0.05, 0) is 85.2 Å². The summed E-state index contributed by atoms with van der Waals surface area (Å²) < 4.78 is 26.7. The van der Waals surface area contributed by atoms with Gasteiger partial charge in [-0.1, -0.05) is 26.7 Å². The molecule has 1 heterocycles. The molecule has 0 N–H and O–H groups in total. The molecule has 3 rings (SSSR count). The van der Waals surface area contributed by atoms with Crippen molar-refractivity contribution in [3.63, 3.8) is 0 Å². The number of fused-ring (bicyclic) bond motifs is 1. The standard InChI is InChI=1S/C25H29F2NS/c1-3-5-19(18(2)17-29-23-11-8-21(26)9-12-23)6-4-7-20-14-15-28-25-13-10-22(27)16-24(20)25/h8-16,18-19H,3-7,17H2,1-2H3. The van der Waals surface area contributed by atoms with Crippen LogP contribution >= 0.6 is 11.8 Å². The van der Waals surface area contributed by atoms with Crippen LogP contribution in [0.5, 0.6) is 0 Å². The fourth-order valence-corrected chi connectivity index (χ4v) is 4.98. The van der Waals surface area contributed by atoms with Gasteiger partial charge in [0.2, 0.25) is 0 Å². The van der Waals surface area contributed by atoms with Crippen LogP contribution in [0.1, 0.15) is 45.1 Å². The normalized spacial score (nSPS) is 13.5. The van der Waals surface area contributed by atoms with Crippen LogP contribution in [0.15, 0.2) is 59.6 Å². The second kappa shape index (κ2) is 10.7. The summed E-state index contributed by atoms with van der Waals surface area (Å²) >= 11 is 1.81. The third-order valence-corrected chi connectivity index (χ3v) is 6.90. The SMILES string of the molecule is CCCC(CCCc1ccnc2ccc(F)cc12)C(C)CSc1ccc(F)cc1. The lowest BCUT2D eigenvalue weighted by molar-refractivity contribution is 0.331. The fraction of sp³-hybridized carbons (Fsp3) is 0.400. The molecule has 3 aromatic rings. The van der Waals surface area contributed by atoms with Crippen molar-refractivity contribution >= 4 is 22.7 Å². The third kappa shape index (κ3) is 6.27. The predicted octanol–water partition coefficient (Wildman–Crippen LogP) is 7.68. The molecule has 4 heteroatoms. The number of nitrogens with zero attached hydrogens (tertiary/aromatic N) is 1. The van der Waals surface area contributed by atoms with Gasteiger partial charge < -0.3 is 0 Å². The first-order chi connectivity index (χ1) is 14.1. The number of halogens is 2. The van der Waals surface area contributed by atoms with Gasteiger partial charge in [-0.15, -0.1) is 11.8 Å². The molecule has 2 unspecified atom stereocenters. The Kier molecular flexibility index (Phi) is 8.05. The molecule has 1 aromatic heterocycles. The number of thioether (sulfide) groups is 1. The minimum absolute atomic E-state index is 0.185. The van der Waals surface area contributed by atoms with Gasteiger partial charge in [0.1, 0.15) is 11.6 Å². The van der Waals surface area contributed by atoms with Gasteiger partial charge in [-0.3, -0.25) is 4.98 Å². The summed E-state index contributed by atoms with van der Waals surface area (Å²) in [4.78, 5) is 5.47. The zero-order valence-electron chi connectivity index (χ0n) is 17.2. The highest BCUT2D eigenvalue weighted by Crippen LogP contribution is 2.30. The molecule has 0 aliphatic heterocycles. The Labute approximate surface area is 176 Å². The molecular formula is C25H29F2NS. The van der Waals surface area contributed by atoms with Crippen LogP contribution in [0, 0.1) is 23.5 Å². The van der Waals surface area contributed by atoms with E-state index in [1.54, 1.807) is 12.1 Å². The Morgan fingerprint density at radius 3 is 2.48 bits per heavy atom. The summed E-state index contributed by atoms with van der Waals surface area (Å²) in [6, 6.07) is 13.6. The molecule has 1 nitrogen and oxygen atoms in total. The van der Waals surface area contributed by atoms with E-state index in [0.717, 1.165) is 40.8 Å². The van der Waals surface area contributed by atoms with Crippen molar-refractivity contribution in [1.29, 1.82) is 0 Å². The number of aryl methyl sites for hydroxylation is 1. The highest BCUT2D eigenvalue weighted by molar-refractivity contribution is 7.99. The van der Waals surface area contributed by atoms with Gasteiger partial charge in [-0.2, -0.15) is 0 Å². The summed E-state index contributed by atoms with van der Waals surface area (Å²) in [6.45, 7) is 4.57. The second-order valence-corrected chi connectivity index (χ2v) is 8.91. The molecule has 0 saturated heterocycles. The lowest BCUT2D eigenvalue weighted by atomic mass is 9.86. The van der Waals surface area contributed by atoms with Gasteiger partial charge in [0.05, 0.1) is 5.52 Å². The molecule has 0 fully saturated rings. The first-order valence-electron chi connectivity index (χ1n) is 10.5. The maximum absolute atomic E-state index is 13.7. The summed E-state index contributed by atoms with van der Waals surface area (Å²) in [5.41, 5.74) is 2.04. The van der Waals surface area contributed by atoms with Crippen molar-refractivity contribution in [3.8, 4) is 0 Å². The Bertz CT molecular complexity index is 910. The molecule has 0 amide bonds. The van der Waals surface area contributed by atoms with Crippen molar-refractivity contribution < 1.29 is 8.78 Å². The van der Waals surface area contributed by atoms with Crippen molar-refractivity contribution in [2.75, 3.05) is 5.75 Å². The molecule has 0 spiro atoms. The molecule has 154 valence electrons. The van der Waals surface area contributed by atoms with E-state index >= 15 is 0 Å². The average molecular weight is 414 g/mol. The fourth-order valence-electron chi connectivity index (χ4n) is 3.93. The van der Waals surface area contributed by atoms with E-state index in [1.165, 1.54) is 36.6 Å². The molecule has 0 bridgehead atoms. The van der Waals surface area contributed by atoms with Crippen molar-refractivity contribution in [3.05, 3.63) is 71.9 Å². The third-order valence-electron chi connectivity index (χ3n) is 5.61. The van der Waals surface area contributed by atoms with Gasteiger partial charge in [0.15, 0.2) is 0 Å². The number of rotatable bonds is 10. The molecule has 0 saturated carbocycles. The van der Waals surface area contributed by atoms with Crippen LogP contribution in [0.4, 0.5) is 8.78 Å². The molecule has 0 aliphatic rings. The molecular weight excluding hydrogens is 384 g/mol. The molecule has 29 heavy (non-hydrogen) atoms. The Morgan fingerprint density at radius 1 is 0.966 bits per heavy atom. The van der Waals surface area contributed by atoms with Gasteiger partial charge in [0.25, 0.3) is 0 Å². The largest absolute Gasteiger partial charge is 0.256 e. The highest BCUT2D eigenvalue weighted by Gasteiger charge is 2.17. The van der Waals surface area contributed by atoms with Crippen molar-refractivity contribution in [2.24, 2.45) is 11.8 Å². The Morgan fingerprint density at radius 2 is 1.72 bits per heavy atom. The molecule has 2 atom stereocenters. The second-order valence-electron chi connectivity index (χ2n) is 7.81. The zero-order chi connectivity index (χ0) is 20.6. The van der Waals surface area contributed by atoms with Gasteiger partial charge in [0, 0.05) is 22.2 Å². The number of aromatic nitrogens is 1. The van der Waals surface area contributed by atoms with E-state index in [9.17, 15) is 8.78 Å². The van der Waals surface area contributed by atoms with Crippen LogP contribution in [0.3, 0.4) is 0 Å². The van der Waals surface area contributed by atoms with Crippen LogP contribution in [-0.2, 0) is 6.42 Å². The maximum atomic E-state index is 13.7. The predicted molar refractivity (Wildman–Crippen MR) is 119 cm³/mol.